The lowest BCUT2D eigenvalue weighted by molar-refractivity contribution is 0.502. The van der Waals surface area contributed by atoms with E-state index in [2.05, 4.69) is 23.9 Å². The standard InChI is InChI=1S/C11H16N4/c1-8-5-4-6-9-13-10(14-15(8)9)11(2,3)7-12/h4-6H,7,12H2,1-3H3. The van der Waals surface area contributed by atoms with Gasteiger partial charge in [-0.1, -0.05) is 19.9 Å². The molecule has 0 aliphatic heterocycles. The third-order valence-corrected chi connectivity index (χ3v) is 2.66. The summed E-state index contributed by atoms with van der Waals surface area (Å²) in [7, 11) is 0. The minimum absolute atomic E-state index is 0.168. The van der Waals surface area contributed by atoms with Crippen LogP contribution in [-0.4, -0.2) is 21.1 Å². The van der Waals surface area contributed by atoms with Crippen LogP contribution in [0.15, 0.2) is 18.2 Å². The van der Waals surface area contributed by atoms with E-state index in [4.69, 9.17) is 5.73 Å². The first-order valence-electron chi connectivity index (χ1n) is 5.07. The van der Waals surface area contributed by atoms with Gasteiger partial charge in [-0.3, -0.25) is 0 Å². The van der Waals surface area contributed by atoms with Crippen molar-refractivity contribution in [2.24, 2.45) is 5.73 Å². The van der Waals surface area contributed by atoms with E-state index in [0.29, 0.717) is 6.54 Å². The molecule has 0 saturated heterocycles. The van der Waals surface area contributed by atoms with Crippen molar-refractivity contribution < 1.29 is 0 Å². The molecule has 0 unspecified atom stereocenters. The summed E-state index contributed by atoms with van der Waals surface area (Å²) in [6, 6.07) is 5.95. The Morgan fingerprint density at radius 3 is 2.73 bits per heavy atom. The van der Waals surface area contributed by atoms with Crippen LogP contribution in [0.4, 0.5) is 0 Å². The highest BCUT2D eigenvalue weighted by Gasteiger charge is 2.24. The fraction of sp³-hybridized carbons (Fsp3) is 0.455. The minimum atomic E-state index is -0.168. The third kappa shape index (κ3) is 1.61. The van der Waals surface area contributed by atoms with E-state index in [0.717, 1.165) is 17.2 Å². The fourth-order valence-corrected chi connectivity index (χ4v) is 1.41. The van der Waals surface area contributed by atoms with Crippen LogP contribution in [0.2, 0.25) is 0 Å². The second-order valence-electron chi connectivity index (χ2n) is 4.46. The van der Waals surface area contributed by atoms with E-state index >= 15 is 0 Å². The Labute approximate surface area is 89.1 Å². The first-order chi connectivity index (χ1) is 7.04. The molecule has 0 amide bonds. The number of rotatable bonds is 2. The minimum Gasteiger partial charge on any atom is -0.329 e. The molecule has 0 spiro atoms. The molecule has 15 heavy (non-hydrogen) atoms. The molecule has 0 atom stereocenters. The van der Waals surface area contributed by atoms with Crippen LogP contribution in [0.3, 0.4) is 0 Å². The van der Waals surface area contributed by atoms with Crippen LogP contribution in [0, 0.1) is 6.92 Å². The van der Waals surface area contributed by atoms with E-state index in [1.807, 2.05) is 29.6 Å². The van der Waals surface area contributed by atoms with Crippen molar-refractivity contribution in [3.8, 4) is 0 Å². The molecular formula is C11H16N4. The molecular weight excluding hydrogens is 188 g/mol. The van der Waals surface area contributed by atoms with E-state index in [1.165, 1.54) is 0 Å². The normalized spacial score (nSPS) is 12.3. The number of aryl methyl sites for hydroxylation is 1. The Morgan fingerprint density at radius 1 is 1.40 bits per heavy atom. The zero-order valence-corrected chi connectivity index (χ0v) is 9.36. The number of nitrogens with two attached hydrogens (primary N) is 1. The maximum Gasteiger partial charge on any atom is 0.158 e. The summed E-state index contributed by atoms with van der Waals surface area (Å²) in [5.74, 6) is 0.805. The smallest absolute Gasteiger partial charge is 0.158 e. The van der Waals surface area contributed by atoms with E-state index in [-0.39, 0.29) is 5.41 Å². The molecule has 2 aromatic rings. The van der Waals surface area contributed by atoms with Crippen molar-refractivity contribution in [2.75, 3.05) is 6.54 Å². The molecule has 0 aliphatic carbocycles. The highest BCUT2D eigenvalue weighted by molar-refractivity contribution is 5.39. The molecule has 0 bridgehead atoms. The molecule has 2 rings (SSSR count). The van der Waals surface area contributed by atoms with Gasteiger partial charge in [-0.25, -0.2) is 9.50 Å². The highest BCUT2D eigenvalue weighted by atomic mass is 15.3. The first kappa shape index (κ1) is 10.1. The monoisotopic (exact) mass is 204 g/mol. The molecule has 2 N–H and O–H groups in total. The van der Waals surface area contributed by atoms with Crippen molar-refractivity contribution >= 4 is 5.65 Å². The summed E-state index contributed by atoms with van der Waals surface area (Å²) in [6.07, 6.45) is 0. The predicted molar refractivity (Wildman–Crippen MR) is 59.8 cm³/mol. The van der Waals surface area contributed by atoms with Crippen molar-refractivity contribution in [1.82, 2.24) is 14.6 Å². The maximum absolute atomic E-state index is 5.71. The van der Waals surface area contributed by atoms with Crippen molar-refractivity contribution in [3.05, 3.63) is 29.7 Å². The molecule has 0 fully saturated rings. The number of hydrogen-bond acceptors (Lipinski definition) is 3. The average molecular weight is 204 g/mol. The molecule has 4 nitrogen and oxygen atoms in total. The molecule has 0 aliphatic rings. The van der Waals surface area contributed by atoms with E-state index in [9.17, 15) is 0 Å². The SMILES string of the molecule is Cc1cccc2nc(C(C)(C)CN)nn12. The summed E-state index contributed by atoms with van der Waals surface area (Å²) in [6.45, 7) is 6.66. The van der Waals surface area contributed by atoms with Gasteiger partial charge < -0.3 is 5.73 Å². The average Bonchev–Trinajstić information content (AvgIpc) is 2.64. The Kier molecular flexibility index (Phi) is 2.23. The Bertz CT molecular complexity index is 484. The summed E-state index contributed by atoms with van der Waals surface area (Å²) in [5, 5.41) is 4.48. The number of aromatic nitrogens is 3. The van der Waals surface area contributed by atoms with Gasteiger partial charge in [0.2, 0.25) is 0 Å². The largest absolute Gasteiger partial charge is 0.329 e. The molecule has 0 aromatic carbocycles. The fourth-order valence-electron chi connectivity index (χ4n) is 1.41. The molecule has 0 radical (unpaired) electrons. The van der Waals surface area contributed by atoms with Gasteiger partial charge in [0, 0.05) is 17.7 Å². The zero-order chi connectivity index (χ0) is 11.1. The summed E-state index contributed by atoms with van der Waals surface area (Å²) >= 11 is 0. The van der Waals surface area contributed by atoms with Crippen molar-refractivity contribution in [2.45, 2.75) is 26.2 Å². The van der Waals surface area contributed by atoms with E-state index in [1.54, 1.807) is 0 Å². The van der Waals surface area contributed by atoms with Crippen molar-refractivity contribution in [1.29, 1.82) is 0 Å². The highest BCUT2D eigenvalue weighted by Crippen LogP contribution is 2.18. The number of hydrogen-bond donors (Lipinski definition) is 1. The van der Waals surface area contributed by atoms with Gasteiger partial charge in [-0.2, -0.15) is 5.10 Å². The van der Waals surface area contributed by atoms with Gasteiger partial charge in [0.15, 0.2) is 11.5 Å². The summed E-state index contributed by atoms with van der Waals surface area (Å²) < 4.78 is 1.85. The second kappa shape index (κ2) is 3.31. The Morgan fingerprint density at radius 2 is 2.13 bits per heavy atom. The quantitative estimate of drug-likeness (QED) is 0.801. The molecule has 2 heterocycles. The number of fused-ring (bicyclic) bond motifs is 1. The number of pyridine rings is 1. The predicted octanol–water partition coefficient (Wildman–Crippen LogP) is 1.27. The summed E-state index contributed by atoms with van der Waals surface area (Å²) in [4.78, 5) is 4.49. The van der Waals surface area contributed by atoms with Crippen LogP contribution >= 0.6 is 0 Å². The first-order valence-corrected chi connectivity index (χ1v) is 5.07. The van der Waals surface area contributed by atoms with Crippen molar-refractivity contribution in [3.63, 3.8) is 0 Å². The van der Waals surface area contributed by atoms with Gasteiger partial charge in [0.25, 0.3) is 0 Å². The third-order valence-electron chi connectivity index (χ3n) is 2.66. The van der Waals surface area contributed by atoms with E-state index < -0.39 is 0 Å². The van der Waals surface area contributed by atoms with Gasteiger partial charge in [0.05, 0.1) is 0 Å². The zero-order valence-electron chi connectivity index (χ0n) is 9.36. The Balaban J connectivity index is 2.62. The van der Waals surface area contributed by atoms with Gasteiger partial charge >= 0.3 is 0 Å². The number of nitrogens with zero attached hydrogens (tertiary/aromatic N) is 3. The van der Waals surface area contributed by atoms with Gasteiger partial charge in [0.1, 0.15) is 0 Å². The van der Waals surface area contributed by atoms with Crippen LogP contribution in [-0.2, 0) is 5.41 Å². The second-order valence-corrected chi connectivity index (χ2v) is 4.46. The lowest BCUT2D eigenvalue weighted by Gasteiger charge is -2.17. The van der Waals surface area contributed by atoms with Crippen LogP contribution in [0.5, 0.6) is 0 Å². The Hall–Kier alpha value is -1.42. The molecule has 80 valence electrons. The lowest BCUT2D eigenvalue weighted by Crippen LogP contribution is -2.29. The molecule has 2 aromatic heterocycles. The van der Waals surface area contributed by atoms with Crippen LogP contribution in [0.25, 0.3) is 5.65 Å². The van der Waals surface area contributed by atoms with Gasteiger partial charge in [-0.05, 0) is 19.1 Å². The lowest BCUT2D eigenvalue weighted by atomic mass is 9.93. The molecule has 4 heteroatoms. The van der Waals surface area contributed by atoms with Gasteiger partial charge in [-0.15, -0.1) is 0 Å². The van der Waals surface area contributed by atoms with Crippen LogP contribution in [0.1, 0.15) is 25.4 Å². The van der Waals surface area contributed by atoms with Crippen LogP contribution < -0.4 is 5.73 Å². The maximum atomic E-state index is 5.71. The molecule has 0 saturated carbocycles. The topological polar surface area (TPSA) is 56.2 Å². The summed E-state index contributed by atoms with van der Waals surface area (Å²) in [5.41, 5.74) is 7.50.